The number of carbonyl (C=O) groups is 1. The quantitative estimate of drug-likeness (QED) is 0.616. The second-order valence-corrected chi connectivity index (χ2v) is 3.67. The van der Waals surface area contributed by atoms with Crippen molar-refractivity contribution in [2.45, 2.75) is 19.2 Å². The number of hydrogen-bond donors (Lipinski definition) is 0. The molecule has 16 heavy (non-hydrogen) atoms. The molecule has 1 aromatic carbocycles. The normalized spacial score (nSPS) is 9.94. The number of ether oxygens (including phenoxy) is 2. The summed E-state index contributed by atoms with van der Waals surface area (Å²) in [4.78, 5) is 11.6. The molecule has 0 saturated carbocycles. The Bertz CT molecular complexity index is 363. The van der Waals surface area contributed by atoms with Crippen molar-refractivity contribution in [1.82, 2.24) is 0 Å². The third-order valence-corrected chi connectivity index (χ3v) is 2.63. The molecule has 0 heterocycles. The summed E-state index contributed by atoms with van der Waals surface area (Å²) in [7, 11) is 0. The molecule has 0 aliphatic carbocycles. The van der Waals surface area contributed by atoms with Gasteiger partial charge in [0.15, 0.2) is 0 Å². The van der Waals surface area contributed by atoms with Crippen LogP contribution in [0.4, 0.5) is 0 Å². The first-order chi connectivity index (χ1) is 7.72. The highest BCUT2D eigenvalue weighted by Crippen LogP contribution is 2.21. The highest BCUT2D eigenvalue weighted by molar-refractivity contribution is 9.08. The van der Waals surface area contributed by atoms with Crippen molar-refractivity contribution in [3.05, 3.63) is 29.3 Å². The molecule has 1 aromatic rings. The number of halogens is 1. The number of alkyl halides is 1. The summed E-state index contributed by atoms with van der Waals surface area (Å²) in [6.07, 6.45) is 0. The van der Waals surface area contributed by atoms with E-state index in [1.54, 1.807) is 19.1 Å². The average Bonchev–Trinajstić information content (AvgIpc) is 2.29. The van der Waals surface area contributed by atoms with Gasteiger partial charge in [-0.05, 0) is 37.6 Å². The van der Waals surface area contributed by atoms with Gasteiger partial charge in [-0.3, -0.25) is 0 Å². The zero-order valence-electron chi connectivity index (χ0n) is 9.46. The van der Waals surface area contributed by atoms with Crippen molar-refractivity contribution < 1.29 is 14.3 Å². The van der Waals surface area contributed by atoms with E-state index in [2.05, 4.69) is 15.9 Å². The molecule has 3 nitrogen and oxygen atoms in total. The van der Waals surface area contributed by atoms with Gasteiger partial charge in [-0.15, -0.1) is 0 Å². The maximum atomic E-state index is 11.6. The molecule has 0 amide bonds. The van der Waals surface area contributed by atoms with Gasteiger partial charge in [-0.1, -0.05) is 15.9 Å². The van der Waals surface area contributed by atoms with E-state index in [0.717, 1.165) is 11.3 Å². The van der Waals surface area contributed by atoms with E-state index >= 15 is 0 Å². The molecule has 4 heteroatoms. The van der Waals surface area contributed by atoms with E-state index in [-0.39, 0.29) is 5.97 Å². The molecule has 0 bridgehead atoms. The summed E-state index contributed by atoms with van der Waals surface area (Å²) < 4.78 is 10.3. The van der Waals surface area contributed by atoms with Crippen molar-refractivity contribution in [1.29, 1.82) is 0 Å². The number of carbonyl (C=O) groups excluding carboxylic acids is 1. The molecule has 0 fully saturated rings. The summed E-state index contributed by atoms with van der Waals surface area (Å²) in [5.74, 6) is 0.477. The molecular formula is C12H15BrO3. The standard InChI is InChI=1S/C12H15BrO3/c1-3-15-10-5-6-11(9(7-10)8-13)12(14)16-4-2/h5-7H,3-4,8H2,1-2H3. The first kappa shape index (κ1) is 13.0. The number of esters is 1. The van der Waals surface area contributed by atoms with E-state index in [9.17, 15) is 4.79 Å². The Morgan fingerprint density at radius 2 is 2.06 bits per heavy atom. The first-order valence-corrected chi connectivity index (χ1v) is 6.33. The van der Waals surface area contributed by atoms with Gasteiger partial charge in [-0.2, -0.15) is 0 Å². The molecule has 0 radical (unpaired) electrons. The van der Waals surface area contributed by atoms with Gasteiger partial charge >= 0.3 is 5.97 Å². The summed E-state index contributed by atoms with van der Waals surface area (Å²) in [5.41, 5.74) is 1.46. The minimum atomic E-state index is -0.292. The SMILES string of the molecule is CCOC(=O)c1ccc(OCC)cc1CBr. The largest absolute Gasteiger partial charge is 0.494 e. The molecule has 0 aliphatic heterocycles. The Kier molecular flexibility index (Phi) is 5.32. The third kappa shape index (κ3) is 3.23. The predicted molar refractivity (Wildman–Crippen MR) is 66.2 cm³/mol. The number of hydrogen-bond acceptors (Lipinski definition) is 3. The van der Waals surface area contributed by atoms with Crippen LogP contribution in [0.5, 0.6) is 5.75 Å². The highest BCUT2D eigenvalue weighted by atomic mass is 79.9. The monoisotopic (exact) mass is 286 g/mol. The summed E-state index contributed by atoms with van der Waals surface area (Å²) >= 11 is 3.35. The molecule has 0 saturated heterocycles. The maximum absolute atomic E-state index is 11.6. The third-order valence-electron chi connectivity index (χ3n) is 2.03. The smallest absolute Gasteiger partial charge is 0.338 e. The van der Waals surface area contributed by atoms with Crippen molar-refractivity contribution in [2.24, 2.45) is 0 Å². The van der Waals surface area contributed by atoms with Crippen LogP contribution in [-0.2, 0) is 10.1 Å². The van der Waals surface area contributed by atoms with Crippen LogP contribution >= 0.6 is 15.9 Å². The lowest BCUT2D eigenvalue weighted by Gasteiger charge is -2.09. The minimum absolute atomic E-state index is 0.292. The predicted octanol–water partition coefficient (Wildman–Crippen LogP) is 3.16. The Balaban J connectivity index is 2.96. The topological polar surface area (TPSA) is 35.5 Å². The Morgan fingerprint density at radius 1 is 1.31 bits per heavy atom. The van der Waals surface area contributed by atoms with Gasteiger partial charge in [0.25, 0.3) is 0 Å². The highest BCUT2D eigenvalue weighted by Gasteiger charge is 2.12. The van der Waals surface area contributed by atoms with E-state index in [4.69, 9.17) is 9.47 Å². The van der Waals surface area contributed by atoms with E-state index < -0.39 is 0 Å². The molecule has 0 aliphatic rings. The fourth-order valence-electron chi connectivity index (χ4n) is 1.35. The van der Waals surface area contributed by atoms with Crippen molar-refractivity contribution in [2.75, 3.05) is 13.2 Å². The van der Waals surface area contributed by atoms with Gasteiger partial charge in [0.2, 0.25) is 0 Å². The molecule has 0 spiro atoms. The molecular weight excluding hydrogens is 272 g/mol. The summed E-state index contributed by atoms with van der Waals surface area (Å²) in [5, 5.41) is 0.599. The van der Waals surface area contributed by atoms with Crippen molar-refractivity contribution in [3.63, 3.8) is 0 Å². The van der Waals surface area contributed by atoms with Crippen LogP contribution in [0.25, 0.3) is 0 Å². The van der Waals surface area contributed by atoms with Gasteiger partial charge in [-0.25, -0.2) is 4.79 Å². The molecule has 0 aromatic heterocycles. The van der Waals surface area contributed by atoms with Crippen LogP contribution in [0.2, 0.25) is 0 Å². The van der Waals surface area contributed by atoms with Crippen LogP contribution in [0, 0.1) is 0 Å². The molecule has 1 rings (SSSR count). The lowest BCUT2D eigenvalue weighted by atomic mass is 10.1. The first-order valence-electron chi connectivity index (χ1n) is 5.21. The van der Waals surface area contributed by atoms with Gasteiger partial charge in [0.05, 0.1) is 18.8 Å². The van der Waals surface area contributed by atoms with E-state index in [0.29, 0.717) is 24.1 Å². The second-order valence-electron chi connectivity index (χ2n) is 3.11. The van der Waals surface area contributed by atoms with Crippen LogP contribution < -0.4 is 4.74 Å². The Hall–Kier alpha value is -1.03. The maximum Gasteiger partial charge on any atom is 0.338 e. The second kappa shape index (κ2) is 6.53. The van der Waals surface area contributed by atoms with Crippen LogP contribution in [-0.4, -0.2) is 19.2 Å². The average molecular weight is 287 g/mol. The van der Waals surface area contributed by atoms with Crippen LogP contribution in [0.1, 0.15) is 29.8 Å². The molecule has 88 valence electrons. The zero-order valence-corrected chi connectivity index (χ0v) is 11.0. The fourth-order valence-corrected chi connectivity index (χ4v) is 1.81. The molecule has 0 unspecified atom stereocenters. The lowest BCUT2D eigenvalue weighted by Crippen LogP contribution is -2.07. The zero-order chi connectivity index (χ0) is 12.0. The fraction of sp³-hybridized carbons (Fsp3) is 0.417. The Morgan fingerprint density at radius 3 is 2.62 bits per heavy atom. The summed E-state index contributed by atoms with van der Waals surface area (Å²) in [6.45, 7) is 4.71. The van der Waals surface area contributed by atoms with Gasteiger partial charge < -0.3 is 9.47 Å². The molecule has 0 N–H and O–H groups in total. The van der Waals surface area contributed by atoms with E-state index in [1.807, 2.05) is 13.0 Å². The van der Waals surface area contributed by atoms with Gasteiger partial charge in [0, 0.05) is 5.33 Å². The van der Waals surface area contributed by atoms with Crippen molar-refractivity contribution >= 4 is 21.9 Å². The minimum Gasteiger partial charge on any atom is -0.494 e. The molecule has 0 atom stereocenters. The summed E-state index contributed by atoms with van der Waals surface area (Å²) in [6, 6.07) is 5.37. The van der Waals surface area contributed by atoms with Crippen LogP contribution in [0.15, 0.2) is 18.2 Å². The van der Waals surface area contributed by atoms with Crippen molar-refractivity contribution in [3.8, 4) is 5.75 Å². The Labute approximate surface area is 104 Å². The lowest BCUT2D eigenvalue weighted by molar-refractivity contribution is 0.0525. The van der Waals surface area contributed by atoms with Gasteiger partial charge in [0.1, 0.15) is 5.75 Å². The van der Waals surface area contributed by atoms with E-state index in [1.165, 1.54) is 0 Å². The van der Waals surface area contributed by atoms with Crippen LogP contribution in [0.3, 0.4) is 0 Å². The number of rotatable bonds is 5. The number of benzene rings is 1.